The second-order valence-electron chi connectivity index (χ2n) is 3.55. The van der Waals surface area contributed by atoms with Gasteiger partial charge in [0.05, 0.1) is 0 Å². The number of hydrogen-bond acceptors (Lipinski definition) is 5. The molecule has 0 aromatic carbocycles. The molecule has 0 spiro atoms. The molecule has 2 rings (SSSR count). The summed E-state index contributed by atoms with van der Waals surface area (Å²) in [5.41, 5.74) is 0. The Morgan fingerprint density at radius 1 is 1.35 bits per heavy atom. The molecule has 0 unspecified atom stereocenters. The highest BCUT2D eigenvalue weighted by Crippen LogP contribution is 2.04. The maximum absolute atomic E-state index is 11.6. The minimum Gasteiger partial charge on any atom is -0.337 e. The molecule has 7 nitrogen and oxygen atoms in total. The van der Waals surface area contributed by atoms with Gasteiger partial charge >= 0.3 is 0 Å². The van der Waals surface area contributed by atoms with Gasteiger partial charge < -0.3 is 5.32 Å². The zero-order valence-corrected chi connectivity index (χ0v) is 8.84. The standard InChI is InChI=1S/C10H10N4O3/c15-7-3-2-6(9(16)14-7)13-10(17)8-11-4-1-5-12-8/h1,4-6H,2-3H2,(H,13,17)(H,14,15,16)/t6-/m0/s1. The molecular formula is C10H10N4O3. The van der Waals surface area contributed by atoms with Gasteiger partial charge in [0.1, 0.15) is 6.04 Å². The van der Waals surface area contributed by atoms with Gasteiger partial charge in [0.2, 0.25) is 17.6 Å². The molecule has 1 aromatic rings. The number of nitrogens with one attached hydrogen (secondary N) is 2. The van der Waals surface area contributed by atoms with E-state index in [9.17, 15) is 14.4 Å². The maximum atomic E-state index is 11.6. The van der Waals surface area contributed by atoms with Crippen molar-refractivity contribution in [2.45, 2.75) is 18.9 Å². The lowest BCUT2D eigenvalue weighted by molar-refractivity contribution is -0.134. The van der Waals surface area contributed by atoms with E-state index in [1.54, 1.807) is 6.07 Å². The minimum atomic E-state index is -0.705. The Hall–Kier alpha value is -2.31. The smallest absolute Gasteiger partial charge is 0.289 e. The van der Waals surface area contributed by atoms with E-state index < -0.39 is 17.9 Å². The van der Waals surface area contributed by atoms with Gasteiger partial charge in [0.25, 0.3) is 5.91 Å². The minimum absolute atomic E-state index is 0.00259. The van der Waals surface area contributed by atoms with Crippen molar-refractivity contribution in [1.29, 1.82) is 0 Å². The summed E-state index contributed by atoms with van der Waals surface area (Å²) in [6, 6.07) is 0.881. The fourth-order valence-corrected chi connectivity index (χ4v) is 1.47. The Kier molecular flexibility index (Phi) is 3.08. The average molecular weight is 234 g/mol. The van der Waals surface area contributed by atoms with Gasteiger partial charge in [-0.15, -0.1) is 0 Å². The molecule has 1 aliphatic rings. The highest BCUT2D eigenvalue weighted by molar-refractivity contribution is 6.02. The van der Waals surface area contributed by atoms with E-state index in [4.69, 9.17) is 0 Å². The Labute approximate surface area is 96.6 Å². The molecule has 1 fully saturated rings. The molecule has 1 atom stereocenters. The third-order valence-corrected chi connectivity index (χ3v) is 2.31. The van der Waals surface area contributed by atoms with Crippen molar-refractivity contribution < 1.29 is 14.4 Å². The van der Waals surface area contributed by atoms with Crippen LogP contribution in [0, 0.1) is 0 Å². The summed E-state index contributed by atoms with van der Waals surface area (Å²) in [7, 11) is 0. The molecule has 1 saturated heterocycles. The molecule has 7 heteroatoms. The second-order valence-corrected chi connectivity index (χ2v) is 3.55. The van der Waals surface area contributed by atoms with Crippen molar-refractivity contribution in [3.63, 3.8) is 0 Å². The van der Waals surface area contributed by atoms with Gasteiger partial charge in [-0.25, -0.2) is 9.97 Å². The Bertz CT molecular complexity index is 460. The number of amides is 3. The van der Waals surface area contributed by atoms with E-state index in [0.29, 0.717) is 6.42 Å². The molecule has 1 aliphatic heterocycles. The maximum Gasteiger partial charge on any atom is 0.289 e. The van der Waals surface area contributed by atoms with E-state index in [1.807, 2.05) is 0 Å². The number of imide groups is 1. The molecule has 3 amide bonds. The van der Waals surface area contributed by atoms with Gasteiger partial charge in [-0.05, 0) is 12.5 Å². The van der Waals surface area contributed by atoms with Crippen LogP contribution in [0.15, 0.2) is 18.5 Å². The summed E-state index contributed by atoms with van der Waals surface area (Å²) in [6.45, 7) is 0. The first-order valence-corrected chi connectivity index (χ1v) is 5.08. The second kappa shape index (κ2) is 4.69. The zero-order chi connectivity index (χ0) is 12.3. The molecule has 0 bridgehead atoms. The van der Waals surface area contributed by atoms with Crippen molar-refractivity contribution in [2.75, 3.05) is 0 Å². The molecular weight excluding hydrogens is 224 g/mol. The molecule has 2 N–H and O–H groups in total. The number of aromatic nitrogens is 2. The first-order valence-electron chi connectivity index (χ1n) is 5.08. The largest absolute Gasteiger partial charge is 0.337 e. The fraction of sp³-hybridized carbons (Fsp3) is 0.300. The first-order chi connectivity index (χ1) is 8.16. The monoisotopic (exact) mass is 234 g/mol. The van der Waals surface area contributed by atoms with Gasteiger partial charge in [-0.2, -0.15) is 0 Å². The van der Waals surface area contributed by atoms with Gasteiger partial charge in [-0.3, -0.25) is 19.7 Å². The highest BCUT2D eigenvalue weighted by Gasteiger charge is 2.28. The van der Waals surface area contributed by atoms with Crippen LogP contribution in [0.4, 0.5) is 0 Å². The van der Waals surface area contributed by atoms with Crippen LogP contribution in [0.25, 0.3) is 0 Å². The Balaban J connectivity index is 2.00. The van der Waals surface area contributed by atoms with Crippen LogP contribution in [0.2, 0.25) is 0 Å². The number of rotatable bonds is 2. The topological polar surface area (TPSA) is 101 Å². The van der Waals surface area contributed by atoms with E-state index in [1.165, 1.54) is 12.4 Å². The Morgan fingerprint density at radius 2 is 2.06 bits per heavy atom. The molecule has 17 heavy (non-hydrogen) atoms. The predicted octanol–water partition coefficient (Wildman–Crippen LogP) is -0.988. The van der Waals surface area contributed by atoms with Crippen molar-refractivity contribution in [3.8, 4) is 0 Å². The molecule has 0 saturated carbocycles. The molecule has 0 aliphatic carbocycles. The summed E-state index contributed by atoms with van der Waals surface area (Å²) in [6.07, 6.45) is 3.38. The lowest BCUT2D eigenvalue weighted by atomic mass is 10.1. The molecule has 0 radical (unpaired) electrons. The number of nitrogens with zero attached hydrogens (tertiary/aromatic N) is 2. The SMILES string of the molecule is O=C1CC[C@H](NC(=O)c2ncccn2)C(=O)N1. The normalized spacial score (nSPS) is 19.6. The van der Waals surface area contributed by atoms with Crippen molar-refractivity contribution in [1.82, 2.24) is 20.6 Å². The van der Waals surface area contributed by atoms with Crippen LogP contribution >= 0.6 is 0 Å². The van der Waals surface area contributed by atoms with E-state index in [2.05, 4.69) is 20.6 Å². The number of carbonyl (C=O) groups excluding carboxylic acids is 3. The lowest BCUT2D eigenvalue weighted by Crippen LogP contribution is -2.52. The van der Waals surface area contributed by atoms with Gasteiger partial charge in [-0.1, -0.05) is 0 Å². The number of hydrogen-bond donors (Lipinski definition) is 2. The van der Waals surface area contributed by atoms with Crippen LogP contribution < -0.4 is 10.6 Å². The quantitative estimate of drug-likeness (QED) is 0.640. The summed E-state index contributed by atoms with van der Waals surface area (Å²) >= 11 is 0. The first kappa shape index (κ1) is 11.2. The summed E-state index contributed by atoms with van der Waals surface area (Å²) in [5, 5.41) is 4.63. The fourth-order valence-electron chi connectivity index (χ4n) is 1.47. The van der Waals surface area contributed by atoms with Gasteiger partial charge in [0, 0.05) is 18.8 Å². The van der Waals surface area contributed by atoms with Crippen molar-refractivity contribution >= 4 is 17.7 Å². The predicted molar refractivity (Wildman–Crippen MR) is 55.7 cm³/mol. The molecule has 88 valence electrons. The van der Waals surface area contributed by atoms with Crippen molar-refractivity contribution in [3.05, 3.63) is 24.3 Å². The third kappa shape index (κ3) is 2.63. The summed E-state index contributed by atoms with van der Waals surface area (Å²) in [5.74, 6) is -1.35. The molecule has 1 aromatic heterocycles. The van der Waals surface area contributed by atoms with E-state index in [0.717, 1.165) is 0 Å². The average Bonchev–Trinajstić information content (AvgIpc) is 2.34. The highest BCUT2D eigenvalue weighted by atomic mass is 16.2. The third-order valence-electron chi connectivity index (χ3n) is 2.31. The van der Waals surface area contributed by atoms with Crippen LogP contribution in [-0.2, 0) is 9.59 Å². The lowest BCUT2D eigenvalue weighted by Gasteiger charge is -2.21. The van der Waals surface area contributed by atoms with Crippen LogP contribution in [0.5, 0.6) is 0 Å². The van der Waals surface area contributed by atoms with E-state index >= 15 is 0 Å². The van der Waals surface area contributed by atoms with Crippen molar-refractivity contribution in [2.24, 2.45) is 0 Å². The van der Waals surface area contributed by atoms with Crippen LogP contribution in [0.3, 0.4) is 0 Å². The molecule has 2 heterocycles. The van der Waals surface area contributed by atoms with E-state index in [-0.39, 0.29) is 18.2 Å². The summed E-state index contributed by atoms with van der Waals surface area (Å²) in [4.78, 5) is 41.5. The number of carbonyl (C=O) groups is 3. The number of piperidine rings is 1. The van der Waals surface area contributed by atoms with Gasteiger partial charge in [0.15, 0.2) is 0 Å². The zero-order valence-electron chi connectivity index (χ0n) is 8.84. The van der Waals surface area contributed by atoms with Crippen LogP contribution in [0.1, 0.15) is 23.5 Å². The van der Waals surface area contributed by atoms with Crippen LogP contribution in [-0.4, -0.2) is 33.7 Å². The Morgan fingerprint density at radius 3 is 2.71 bits per heavy atom. The summed E-state index contributed by atoms with van der Waals surface area (Å²) < 4.78 is 0.